The van der Waals surface area contributed by atoms with Gasteiger partial charge in [0.15, 0.2) is 17.2 Å². The minimum atomic E-state index is -1.05. The molecule has 0 spiro atoms. The van der Waals surface area contributed by atoms with Crippen molar-refractivity contribution in [3.05, 3.63) is 47.2 Å². The van der Waals surface area contributed by atoms with Crippen molar-refractivity contribution in [3.63, 3.8) is 0 Å². The van der Waals surface area contributed by atoms with Crippen LogP contribution in [-0.2, 0) is 0 Å². The highest BCUT2D eigenvalue weighted by molar-refractivity contribution is 5.85. The number of ether oxygens (including phenoxy) is 2. The number of aromatic carboxylic acids is 1. The van der Waals surface area contributed by atoms with Crippen molar-refractivity contribution < 1.29 is 19.4 Å². The Morgan fingerprint density at radius 1 is 1.22 bits per heavy atom. The Morgan fingerprint density at radius 2 is 1.87 bits per heavy atom. The maximum atomic E-state index is 11.0. The molecular weight excluding hydrogens is 296 g/mol. The van der Waals surface area contributed by atoms with Crippen LogP contribution in [0.1, 0.15) is 34.6 Å². The Balaban J connectivity index is 2.28. The van der Waals surface area contributed by atoms with Crippen LogP contribution in [-0.4, -0.2) is 30.3 Å². The molecule has 0 aliphatic rings. The topological polar surface area (TPSA) is 80.7 Å². The Kier molecular flexibility index (Phi) is 5.05. The van der Waals surface area contributed by atoms with Gasteiger partial charge in [0.1, 0.15) is 5.82 Å². The molecule has 0 radical (unpaired) electrons. The predicted molar refractivity (Wildman–Crippen MR) is 87.5 cm³/mol. The summed E-state index contributed by atoms with van der Waals surface area (Å²) in [6, 6.07) is 8.60. The fourth-order valence-electron chi connectivity index (χ4n) is 2.40. The van der Waals surface area contributed by atoms with Gasteiger partial charge in [-0.1, -0.05) is 6.07 Å². The van der Waals surface area contributed by atoms with E-state index in [0.717, 1.165) is 11.1 Å². The average Bonchev–Trinajstić information content (AvgIpc) is 2.54. The second-order valence-electron chi connectivity index (χ2n) is 5.14. The van der Waals surface area contributed by atoms with E-state index in [9.17, 15) is 4.79 Å². The molecule has 0 fully saturated rings. The molecule has 1 aromatic carbocycles. The lowest BCUT2D eigenvalue weighted by atomic mass is 10.0. The molecule has 1 unspecified atom stereocenters. The third-order valence-electron chi connectivity index (χ3n) is 3.57. The molecule has 0 amide bonds. The molecule has 2 N–H and O–H groups in total. The Bertz CT molecular complexity index is 716. The average molecular weight is 316 g/mol. The van der Waals surface area contributed by atoms with E-state index < -0.39 is 5.97 Å². The molecule has 0 bridgehead atoms. The molecule has 6 heteroatoms. The van der Waals surface area contributed by atoms with Gasteiger partial charge in [-0.15, -0.1) is 0 Å². The summed E-state index contributed by atoms with van der Waals surface area (Å²) in [4.78, 5) is 15.1. The Hall–Kier alpha value is -2.76. The minimum absolute atomic E-state index is 0.00577. The third-order valence-corrected chi connectivity index (χ3v) is 3.57. The molecule has 23 heavy (non-hydrogen) atoms. The molecule has 1 aromatic heterocycles. The predicted octanol–water partition coefficient (Wildman–Crippen LogP) is 3.28. The minimum Gasteiger partial charge on any atom is -0.493 e. The summed E-state index contributed by atoms with van der Waals surface area (Å²) in [5, 5.41) is 12.2. The summed E-state index contributed by atoms with van der Waals surface area (Å²) in [6.07, 6.45) is 0. The van der Waals surface area contributed by atoms with E-state index in [1.54, 1.807) is 26.4 Å². The van der Waals surface area contributed by atoms with E-state index in [2.05, 4.69) is 10.3 Å². The first-order valence-electron chi connectivity index (χ1n) is 7.15. The van der Waals surface area contributed by atoms with Gasteiger partial charge >= 0.3 is 5.97 Å². The molecule has 0 aliphatic heterocycles. The number of pyridine rings is 1. The fraction of sp³-hybridized carbons (Fsp3) is 0.294. The van der Waals surface area contributed by atoms with Crippen molar-refractivity contribution in [2.24, 2.45) is 0 Å². The van der Waals surface area contributed by atoms with E-state index in [1.807, 2.05) is 26.0 Å². The zero-order chi connectivity index (χ0) is 17.0. The smallest absolute Gasteiger partial charge is 0.354 e. The van der Waals surface area contributed by atoms with Crippen molar-refractivity contribution in [2.75, 3.05) is 19.5 Å². The number of aromatic nitrogens is 1. The van der Waals surface area contributed by atoms with Gasteiger partial charge in [0.25, 0.3) is 0 Å². The van der Waals surface area contributed by atoms with E-state index in [4.69, 9.17) is 14.6 Å². The number of methoxy groups -OCH3 is 2. The second-order valence-corrected chi connectivity index (χ2v) is 5.14. The molecule has 1 atom stereocenters. The summed E-state index contributed by atoms with van der Waals surface area (Å²) >= 11 is 0. The number of hydrogen-bond acceptors (Lipinski definition) is 5. The van der Waals surface area contributed by atoms with Crippen molar-refractivity contribution in [2.45, 2.75) is 19.9 Å². The molecular formula is C17H20N2O4. The summed E-state index contributed by atoms with van der Waals surface area (Å²) in [7, 11) is 3.19. The SMILES string of the molecule is COc1cc(C)c(C(C)Nc2cccc(C(=O)O)n2)cc1OC. The van der Waals surface area contributed by atoms with Gasteiger partial charge in [0.05, 0.1) is 20.3 Å². The number of carboxylic acid groups (broad SMARTS) is 1. The highest BCUT2D eigenvalue weighted by atomic mass is 16.5. The van der Waals surface area contributed by atoms with Crippen LogP contribution in [0.3, 0.4) is 0 Å². The molecule has 1 heterocycles. The zero-order valence-corrected chi connectivity index (χ0v) is 13.6. The second kappa shape index (κ2) is 7.00. The number of rotatable bonds is 6. The lowest BCUT2D eigenvalue weighted by molar-refractivity contribution is 0.0690. The fourth-order valence-corrected chi connectivity index (χ4v) is 2.40. The van der Waals surface area contributed by atoms with E-state index >= 15 is 0 Å². The first-order valence-corrected chi connectivity index (χ1v) is 7.15. The normalized spacial score (nSPS) is 11.7. The summed E-state index contributed by atoms with van der Waals surface area (Å²) in [5.74, 6) is 0.774. The molecule has 0 saturated heterocycles. The summed E-state index contributed by atoms with van der Waals surface area (Å²) < 4.78 is 10.6. The number of aryl methyl sites for hydroxylation is 1. The third kappa shape index (κ3) is 3.71. The number of carboxylic acids is 1. The van der Waals surface area contributed by atoms with Crippen molar-refractivity contribution >= 4 is 11.8 Å². The van der Waals surface area contributed by atoms with Gasteiger partial charge < -0.3 is 19.9 Å². The number of anilines is 1. The number of nitrogens with zero attached hydrogens (tertiary/aromatic N) is 1. The number of carbonyl (C=O) groups is 1. The summed E-state index contributed by atoms with van der Waals surface area (Å²) in [5.41, 5.74) is 2.06. The number of nitrogens with one attached hydrogen (secondary N) is 1. The van der Waals surface area contributed by atoms with Gasteiger partial charge in [-0.3, -0.25) is 0 Å². The molecule has 0 aliphatic carbocycles. The molecule has 2 rings (SSSR count). The number of benzene rings is 1. The lowest BCUT2D eigenvalue weighted by Crippen LogP contribution is -2.11. The van der Waals surface area contributed by atoms with Crippen LogP contribution in [0.2, 0.25) is 0 Å². The van der Waals surface area contributed by atoms with E-state index in [1.165, 1.54) is 6.07 Å². The molecule has 2 aromatic rings. The molecule has 6 nitrogen and oxygen atoms in total. The zero-order valence-electron chi connectivity index (χ0n) is 13.6. The van der Waals surface area contributed by atoms with Gasteiger partial charge in [0, 0.05) is 0 Å². The lowest BCUT2D eigenvalue weighted by Gasteiger charge is -2.19. The van der Waals surface area contributed by atoms with Crippen molar-refractivity contribution in [1.82, 2.24) is 4.98 Å². The first kappa shape index (κ1) is 16.6. The Morgan fingerprint density at radius 3 is 2.48 bits per heavy atom. The first-order chi connectivity index (χ1) is 11.0. The van der Waals surface area contributed by atoms with Crippen LogP contribution < -0.4 is 14.8 Å². The van der Waals surface area contributed by atoms with Crippen LogP contribution in [0.5, 0.6) is 11.5 Å². The van der Waals surface area contributed by atoms with Crippen molar-refractivity contribution in [1.29, 1.82) is 0 Å². The van der Waals surface area contributed by atoms with Crippen LogP contribution in [0, 0.1) is 6.92 Å². The quantitative estimate of drug-likeness (QED) is 0.851. The van der Waals surface area contributed by atoms with Crippen LogP contribution in [0.4, 0.5) is 5.82 Å². The molecule has 0 saturated carbocycles. The van der Waals surface area contributed by atoms with E-state index in [-0.39, 0.29) is 11.7 Å². The highest BCUT2D eigenvalue weighted by Gasteiger charge is 2.15. The maximum Gasteiger partial charge on any atom is 0.354 e. The van der Waals surface area contributed by atoms with Gasteiger partial charge in [0.2, 0.25) is 0 Å². The van der Waals surface area contributed by atoms with Gasteiger partial charge in [-0.05, 0) is 49.2 Å². The van der Waals surface area contributed by atoms with Crippen LogP contribution in [0.25, 0.3) is 0 Å². The largest absolute Gasteiger partial charge is 0.493 e. The van der Waals surface area contributed by atoms with Crippen LogP contribution >= 0.6 is 0 Å². The monoisotopic (exact) mass is 316 g/mol. The van der Waals surface area contributed by atoms with Gasteiger partial charge in [-0.25, -0.2) is 9.78 Å². The Labute approximate surface area is 135 Å². The van der Waals surface area contributed by atoms with Crippen molar-refractivity contribution in [3.8, 4) is 11.5 Å². The van der Waals surface area contributed by atoms with Gasteiger partial charge in [-0.2, -0.15) is 0 Å². The standard InChI is InChI=1S/C17H20N2O4/c1-10-8-14(22-3)15(23-4)9-12(10)11(2)18-16-7-5-6-13(19-16)17(20)21/h5-9,11H,1-4H3,(H,18,19)(H,20,21). The highest BCUT2D eigenvalue weighted by Crippen LogP contribution is 2.33. The number of hydrogen-bond donors (Lipinski definition) is 2. The molecule has 122 valence electrons. The van der Waals surface area contributed by atoms with E-state index in [0.29, 0.717) is 17.3 Å². The summed E-state index contributed by atoms with van der Waals surface area (Å²) in [6.45, 7) is 3.96. The van der Waals surface area contributed by atoms with Crippen LogP contribution in [0.15, 0.2) is 30.3 Å². The maximum absolute atomic E-state index is 11.0.